The number of hydrogen-bond donors (Lipinski definition) is 0. The average molecular weight is 548 g/mol. The molecule has 2 aromatic carbocycles. The Morgan fingerprint density at radius 1 is 0.878 bits per heavy atom. The van der Waals surface area contributed by atoms with E-state index < -0.39 is 0 Å². The highest BCUT2D eigenvalue weighted by Crippen LogP contribution is 2.67. The summed E-state index contributed by atoms with van der Waals surface area (Å²) in [7, 11) is 0. The highest BCUT2D eigenvalue weighted by Gasteiger charge is 2.59. The normalized spacial score (nSPS) is 33.2. The van der Waals surface area contributed by atoms with Crippen LogP contribution in [0.25, 0.3) is 10.9 Å². The predicted octanol–water partition coefficient (Wildman–Crippen LogP) is 10.6. The summed E-state index contributed by atoms with van der Waals surface area (Å²) in [6.45, 7) is 13.8. The molecule has 7 atom stereocenters. The van der Waals surface area contributed by atoms with Gasteiger partial charge in [0.05, 0.1) is 0 Å². The molecule has 1 aromatic heterocycles. The van der Waals surface area contributed by atoms with Gasteiger partial charge in [-0.1, -0.05) is 114 Å². The summed E-state index contributed by atoms with van der Waals surface area (Å²) in [5.74, 6) is 5.33. The Morgan fingerprint density at radius 3 is 2.46 bits per heavy atom. The van der Waals surface area contributed by atoms with E-state index in [2.05, 4.69) is 99.9 Å². The molecule has 3 aromatic rings. The molecule has 0 saturated heterocycles. The molecule has 2 fully saturated rings. The summed E-state index contributed by atoms with van der Waals surface area (Å²) in [4.78, 5) is 0. The Labute approximate surface area is 249 Å². The molecule has 1 heterocycles. The van der Waals surface area contributed by atoms with E-state index in [1.165, 1.54) is 74.3 Å². The fourth-order valence-electron chi connectivity index (χ4n) is 11.0. The van der Waals surface area contributed by atoms with Crippen LogP contribution in [0.5, 0.6) is 0 Å². The van der Waals surface area contributed by atoms with Crippen molar-refractivity contribution in [2.24, 2.45) is 46.3 Å². The smallest absolute Gasteiger partial charge is 0.0488 e. The third kappa shape index (κ3) is 4.47. The van der Waals surface area contributed by atoms with Crippen molar-refractivity contribution in [3.63, 3.8) is 0 Å². The first-order valence-corrected chi connectivity index (χ1v) is 17.1. The summed E-state index contributed by atoms with van der Waals surface area (Å²) in [5, 5.41) is 1.51. The van der Waals surface area contributed by atoms with Gasteiger partial charge in [0.2, 0.25) is 0 Å². The van der Waals surface area contributed by atoms with Crippen molar-refractivity contribution in [1.29, 1.82) is 0 Å². The van der Waals surface area contributed by atoms with Crippen LogP contribution in [0.15, 0.2) is 66.2 Å². The van der Waals surface area contributed by atoms with Crippen LogP contribution < -0.4 is 0 Å². The number of hydrogen-bond acceptors (Lipinski definition) is 0. The van der Waals surface area contributed by atoms with E-state index in [0.29, 0.717) is 10.8 Å². The monoisotopic (exact) mass is 547 g/mol. The van der Waals surface area contributed by atoms with Crippen LogP contribution in [-0.4, -0.2) is 4.57 Å². The van der Waals surface area contributed by atoms with E-state index in [9.17, 15) is 0 Å². The van der Waals surface area contributed by atoms with Gasteiger partial charge >= 0.3 is 0 Å². The lowest BCUT2D eigenvalue weighted by Crippen LogP contribution is -2.51. The molecule has 4 aliphatic rings. The topological polar surface area (TPSA) is 4.93 Å². The standard InChI is InChI=1S/C40H53N/c1-27(2)12-11-13-28(3)34-20-21-35-32-19-18-30-24-38-33(25-40(30,5)36(32)22-23-39(34,35)4)31-16-9-10-17-37(31)41(38)26-29-14-7-6-8-15-29/h6-10,14-18,27-28,32,34-36H,11-13,19-26H2,1-5H3. The summed E-state index contributed by atoms with van der Waals surface area (Å²) in [6, 6.07) is 20.4. The second-order valence-electron chi connectivity index (χ2n) is 15.7. The van der Waals surface area contributed by atoms with Gasteiger partial charge in [0.1, 0.15) is 0 Å². The first-order chi connectivity index (χ1) is 19.8. The molecule has 0 amide bonds. The number of aromatic nitrogens is 1. The zero-order valence-corrected chi connectivity index (χ0v) is 26.5. The Kier molecular flexibility index (Phi) is 7.03. The minimum Gasteiger partial charge on any atom is -0.340 e. The zero-order chi connectivity index (χ0) is 28.4. The van der Waals surface area contributed by atoms with Crippen LogP contribution in [0.2, 0.25) is 0 Å². The number of nitrogens with zero attached hydrogens (tertiary/aromatic N) is 1. The molecule has 0 aliphatic heterocycles. The number of benzene rings is 2. The van der Waals surface area contributed by atoms with Crippen molar-refractivity contribution in [3.8, 4) is 0 Å². The first kappa shape index (κ1) is 27.5. The average Bonchev–Trinajstić information content (AvgIpc) is 3.46. The largest absolute Gasteiger partial charge is 0.340 e. The van der Waals surface area contributed by atoms with Crippen molar-refractivity contribution >= 4 is 10.9 Å². The lowest BCUT2D eigenvalue weighted by atomic mass is 9.47. The second kappa shape index (κ2) is 10.5. The maximum atomic E-state index is 2.76. The molecular weight excluding hydrogens is 494 g/mol. The van der Waals surface area contributed by atoms with Crippen molar-refractivity contribution < 1.29 is 0 Å². The van der Waals surface area contributed by atoms with Gasteiger partial charge in [0, 0.05) is 29.6 Å². The molecule has 41 heavy (non-hydrogen) atoms. The van der Waals surface area contributed by atoms with E-state index in [4.69, 9.17) is 0 Å². The predicted molar refractivity (Wildman–Crippen MR) is 174 cm³/mol. The number of para-hydroxylation sites is 1. The van der Waals surface area contributed by atoms with Crippen LogP contribution in [0.4, 0.5) is 0 Å². The quantitative estimate of drug-likeness (QED) is 0.259. The maximum Gasteiger partial charge on any atom is 0.0488 e. The van der Waals surface area contributed by atoms with Gasteiger partial charge in [0.25, 0.3) is 0 Å². The Hall–Kier alpha value is -2.28. The molecule has 7 unspecified atom stereocenters. The summed E-state index contributed by atoms with van der Waals surface area (Å²) in [5.41, 5.74) is 8.74. The van der Waals surface area contributed by atoms with Gasteiger partial charge in [-0.15, -0.1) is 0 Å². The number of rotatable bonds is 7. The zero-order valence-electron chi connectivity index (χ0n) is 26.5. The fourth-order valence-corrected chi connectivity index (χ4v) is 11.0. The molecule has 0 spiro atoms. The van der Waals surface area contributed by atoms with Crippen LogP contribution in [0.3, 0.4) is 0 Å². The minimum atomic E-state index is 0.319. The fraction of sp³-hybridized carbons (Fsp3) is 0.600. The van der Waals surface area contributed by atoms with E-state index in [1.54, 1.807) is 16.8 Å². The molecule has 2 saturated carbocycles. The molecule has 1 nitrogen and oxygen atoms in total. The molecular formula is C40H53N. The van der Waals surface area contributed by atoms with E-state index in [0.717, 1.165) is 48.5 Å². The van der Waals surface area contributed by atoms with Gasteiger partial charge < -0.3 is 4.57 Å². The molecule has 7 rings (SSSR count). The van der Waals surface area contributed by atoms with Gasteiger partial charge in [-0.25, -0.2) is 0 Å². The van der Waals surface area contributed by atoms with Crippen LogP contribution in [0, 0.1) is 46.3 Å². The van der Waals surface area contributed by atoms with Gasteiger partial charge in [0.15, 0.2) is 0 Å². The van der Waals surface area contributed by atoms with Crippen LogP contribution in [-0.2, 0) is 19.4 Å². The Bertz CT molecular complexity index is 1420. The summed E-state index contributed by atoms with van der Waals surface area (Å²) in [6.07, 6.45) is 16.6. The maximum absolute atomic E-state index is 2.76. The lowest BCUT2D eigenvalue weighted by molar-refractivity contribution is -0.0452. The van der Waals surface area contributed by atoms with Crippen LogP contribution in [0.1, 0.15) is 103 Å². The SMILES string of the molecule is CC(C)CCCC(C)C1CCC2C3CC=C4Cc5c(c6ccccc6n5Cc5ccccc5)CC4(C)C3CCC12C. The molecule has 1 heteroatoms. The Morgan fingerprint density at radius 2 is 1.66 bits per heavy atom. The van der Waals surface area contributed by atoms with E-state index in [1.807, 2.05) is 0 Å². The summed E-state index contributed by atoms with van der Waals surface area (Å²) < 4.78 is 2.66. The van der Waals surface area contributed by atoms with Crippen molar-refractivity contribution in [1.82, 2.24) is 4.57 Å². The van der Waals surface area contributed by atoms with E-state index >= 15 is 0 Å². The minimum absolute atomic E-state index is 0.319. The van der Waals surface area contributed by atoms with Gasteiger partial charge in [-0.05, 0) is 102 Å². The third-order valence-corrected chi connectivity index (χ3v) is 13.1. The molecule has 218 valence electrons. The molecule has 0 radical (unpaired) electrons. The first-order valence-electron chi connectivity index (χ1n) is 17.1. The Balaban J connectivity index is 1.18. The lowest BCUT2D eigenvalue weighted by Gasteiger charge is -2.58. The third-order valence-electron chi connectivity index (χ3n) is 13.1. The summed E-state index contributed by atoms with van der Waals surface area (Å²) >= 11 is 0. The van der Waals surface area contributed by atoms with E-state index in [-0.39, 0.29) is 0 Å². The molecule has 0 N–H and O–H groups in total. The highest BCUT2D eigenvalue weighted by atomic mass is 15.0. The highest BCUT2D eigenvalue weighted by molar-refractivity contribution is 5.86. The molecule has 4 aliphatic carbocycles. The van der Waals surface area contributed by atoms with Crippen molar-refractivity contribution in [2.75, 3.05) is 0 Å². The van der Waals surface area contributed by atoms with Crippen molar-refractivity contribution in [2.45, 2.75) is 105 Å². The van der Waals surface area contributed by atoms with Gasteiger partial charge in [-0.3, -0.25) is 0 Å². The number of fused-ring (bicyclic) bond motifs is 8. The van der Waals surface area contributed by atoms with Gasteiger partial charge in [-0.2, -0.15) is 0 Å². The van der Waals surface area contributed by atoms with Crippen LogP contribution >= 0.6 is 0 Å². The second-order valence-corrected chi connectivity index (χ2v) is 15.7. The number of allylic oxidation sites excluding steroid dienone is 2. The molecule has 0 bridgehead atoms. The van der Waals surface area contributed by atoms with Crippen molar-refractivity contribution in [3.05, 3.63) is 83.1 Å².